The molecule has 6 heteroatoms. The summed E-state index contributed by atoms with van der Waals surface area (Å²) in [5.74, 6) is -0.227. The van der Waals surface area contributed by atoms with Crippen LogP contribution in [0.1, 0.15) is 37.0 Å². The summed E-state index contributed by atoms with van der Waals surface area (Å²) in [7, 11) is 0. The number of nitrogens with zero attached hydrogens (tertiary/aromatic N) is 3. The number of hydrogen-bond donors (Lipinski definition) is 0. The maximum atomic E-state index is 13.2. The van der Waals surface area contributed by atoms with Crippen molar-refractivity contribution in [2.75, 3.05) is 13.2 Å². The Morgan fingerprint density at radius 1 is 1.13 bits per heavy atom. The molecule has 0 saturated carbocycles. The molecule has 0 N–H and O–H groups in total. The van der Waals surface area contributed by atoms with Gasteiger partial charge >= 0.3 is 0 Å². The molecule has 0 bridgehead atoms. The smallest absolute Gasteiger partial charge is 0.227 e. The number of carbonyl (C=O) groups excluding carboxylic acids is 1. The van der Waals surface area contributed by atoms with Crippen LogP contribution >= 0.6 is 0 Å². The fraction of sp³-hybridized carbons (Fsp3) is 0.320. The Balaban J connectivity index is 1.47. The number of halogens is 1. The molecule has 2 atom stereocenters. The zero-order valence-corrected chi connectivity index (χ0v) is 17.6. The molecule has 1 saturated heterocycles. The summed E-state index contributed by atoms with van der Waals surface area (Å²) in [6.07, 6.45) is 6.87. The second kappa shape index (κ2) is 9.79. The summed E-state index contributed by atoms with van der Waals surface area (Å²) < 4.78 is 19.2. The Kier molecular flexibility index (Phi) is 6.67. The lowest BCUT2D eigenvalue weighted by Crippen LogP contribution is -2.44. The average Bonchev–Trinajstić information content (AvgIpc) is 2.82. The highest BCUT2D eigenvalue weighted by Gasteiger charge is 2.30. The third-order valence-electron chi connectivity index (χ3n) is 5.78. The highest BCUT2D eigenvalue weighted by molar-refractivity contribution is 5.79. The largest absolute Gasteiger partial charge is 0.373 e. The predicted octanol–water partition coefficient (Wildman–Crippen LogP) is 4.59. The molecule has 2 heterocycles. The number of amides is 1. The van der Waals surface area contributed by atoms with Gasteiger partial charge in [-0.1, -0.05) is 30.3 Å². The monoisotopic (exact) mass is 419 g/mol. The molecule has 1 aromatic heterocycles. The fourth-order valence-corrected chi connectivity index (χ4v) is 4.18. The maximum Gasteiger partial charge on any atom is 0.227 e. The minimum Gasteiger partial charge on any atom is -0.373 e. The minimum absolute atomic E-state index is 0.0648. The van der Waals surface area contributed by atoms with E-state index in [1.165, 1.54) is 18.5 Å². The molecule has 160 valence electrons. The van der Waals surface area contributed by atoms with Gasteiger partial charge in [-0.2, -0.15) is 0 Å². The van der Waals surface area contributed by atoms with Gasteiger partial charge in [0.05, 0.1) is 12.5 Å². The SMILES string of the molecule is CCN(C(=O)Cc1ccc(F)cc1)[C@H]1CCO[C@@H](c2cccc(-c3cncnc3)c2)C1. The first-order chi connectivity index (χ1) is 15.1. The lowest BCUT2D eigenvalue weighted by Gasteiger charge is -2.37. The van der Waals surface area contributed by atoms with Crippen LogP contribution in [0.15, 0.2) is 67.3 Å². The van der Waals surface area contributed by atoms with Crippen molar-refractivity contribution in [2.45, 2.75) is 38.3 Å². The van der Waals surface area contributed by atoms with Crippen LogP contribution in [0.3, 0.4) is 0 Å². The Bertz CT molecular complexity index is 1010. The second-order valence-electron chi connectivity index (χ2n) is 7.77. The lowest BCUT2D eigenvalue weighted by atomic mass is 9.94. The molecule has 1 aliphatic rings. The molecule has 1 aliphatic heterocycles. The van der Waals surface area contributed by atoms with E-state index in [9.17, 15) is 9.18 Å². The second-order valence-corrected chi connectivity index (χ2v) is 7.77. The van der Waals surface area contributed by atoms with Crippen LogP contribution in [-0.2, 0) is 16.0 Å². The van der Waals surface area contributed by atoms with Crippen LogP contribution in [0.5, 0.6) is 0 Å². The normalized spacial score (nSPS) is 18.5. The van der Waals surface area contributed by atoms with Gasteiger partial charge in [-0.3, -0.25) is 4.79 Å². The number of hydrogen-bond acceptors (Lipinski definition) is 4. The Labute approximate surface area is 181 Å². The molecule has 1 fully saturated rings. The number of ether oxygens (including phenoxy) is 1. The number of benzene rings is 2. The van der Waals surface area contributed by atoms with E-state index in [0.29, 0.717) is 13.2 Å². The number of rotatable bonds is 6. The fourth-order valence-electron chi connectivity index (χ4n) is 4.18. The minimum atomic E-state index is -0.292. The Hall–Kier alpha value is -3.12. The van der Waals surface area contributed by atoms with Crippen LogP contribution in [0.2, 0.25) is 0 Å². The van der Waals surface area contributed by atoms with Crippen molar-refractivity contribution in [2.24, 2.45) is 0 Å². The van der Waals surface area contributed by atoms with Gasteiger partial charge in [-0.25, -0.2) is 14.4 Å². The number of likely N-dealkylation sites (N-methyl/N-ethyl adjacent to an activating group) is 1. The first-order valence-electron chi connectivity index (χ1n) is 10.6. The van der Waals surface area contributed by atoms with E-state index in [4.69, 9.17) is 4.74 Å². The van der Waals surface area contributed by atoms with Crippen molar-refractivity contribution in [1.29, 1.82) is 0 Å². The summed E-state index contributed by atoms with van der Waals surface area (Å²) in [4.78, 5) is 23.1. The lowest BCUT2D eigenvalue weighted by molar-refractivity contribution is -0.136. The quantitative estimate of drug-likeness (QED) is 0.586. The molecule has 31 heavy (non-hydrogen) atoms. The first kappa shape index (κ1) is 21.1. The van der Waals surface area contributed by atoms with Gasteiger partial charge in [0.1, 0.15) is 12.1 Å². The van der Waals surface area contributed by atoms with Crippen molar-refractivity contribution in [3.05, 3.63) is 84.2 Å². The molecule has 4 rings (SSSR count). The molecular weight excluding hydrogens is 393 g/mol. The first-order valence-corrected chi connectivity index (χ1v) is 10.6. The Morgan fingerprint density at radius 3 is 2.65 bits per heavy atom. The molecule has 5 nitrogen and oxygen atoms in total. The maximum absolute atomic E-state index is 13.2. The number of aromatic nitrogens is 2. The summed E-state index contributed by atoms with van der Waals surface area (Å²) in [6.45, 7) is 3.25. The average molecular weight is 420 g/mol. The highest BCUT2D eigenvalue weighted by Crippen LogP contribution is 2.33. The van der Waals surface area contributed by atoms with Crippen molar-refractivity contribution >= 4 is 5.91 Å². The Morgan fingerprint density at radius 2 is 1.90 bits per heavy atom. The molecule has 1 amide bonds. The highest BCUT2D eigenvalue weighted by atomic mass is 19.1. The zero-order valence-electron chi connectivity index (χ0n) is 17.6. The molecule has 3 aromatic rings. The summed E-state index contributed by atoms with van der Waals surface area (Å²) in [6, 6.07) is 14.5. The van der Waals surface area contributed by atoms with Gasteiger partial charge in [0, 0.05) is 37.2 Å². The predicted molar refractivity (Wildman–Crippen MR) is 117 cm³/mol. The summed E-state index contributed by atoms with van der Waals surface area (Å²) in [5.41, 5.74) is 3.92. The van der Waals surface area contributed by atoms with Gasteiger partial charge < -0.3 is 9.64 Å². The topological polar surface area (TPSA) is 55.3 Å². The molecule has 0 radical (unpaired) electrons. The summed E-state index contributed by atoms with van der Waals surface area (Å²) in [5, 5.41) is 0. The number of carbonyl (C=O) groups is 1. The van der Waals surface area contributed by atoms with Crippen molar-refractivity contribution in [3.8, 4) is 11.1 Å². The van der Waals surface area contributed by atoms with Crippen LogP contribution < -0.4 is 0 Å². The van der Waals surface area contributed by atoms with E-state index in [1.807, 2.05) is 24.0 Å². The van der Waals surface area contributed by atoms with E-state index in [0.717, 1.165) is 35.1 Å². The van der Waals surface area contributed by atoms with Crippen LogP contribution in [0.4, 0.5) is 4.39 Å². The van der Waals surface area contributed by atoms with Gasteiger partial charge in [0.25, 0.3) is 0 Å². The van der Waals surface area contributed by atoms with Crippen molar-refractivity contribution < 1.29 is 13.9 Å². The van der Waals surface area contributed by atoms with E-state index >= 15 is 0 Å². The zero-order chi connectivity index (χ0) is 21.6. The summed E-state index contributed by atoms with van der Waals surface area (Å²) >= 11 is 0. The van der Waals surface area contributed by atoms with Gasteiger partial charge in [-0.15, -0.1) is 0 Å². The third kappa shape index (κ3) is 5.14. The van der Waals surface area contributed by atoms with Crippen LogP contribution in [0.25, 0.3) is 11.1 Å². The van der Waals surface area contributed by atoms with Crippen LogP contribution in [0, 0.1) is 5.82 Å². The van der Waals surface area contributed by atoms with Crippen LogP contribution in [-0.4, -0.2) is 40.0 Å². The molecule has 2 aromatic carbocycles. The van der Waals surface area contributed by atoms with Gasteiger partial charge in [0.15, 0.2) is 0 Å². The van der Waals surface area contributed by atoms with E-state index in [-0.39, 0.29) is 30.3 Å². The molecule has 0 spiro atoms. The van der Waals surface area contributed by atoms with E-state index < -0.39 is 0 Å². The van der Waals surface area contributed by atoms with E-state index in [1.54, 1.807) is 24.5 Å². The molecular formula is C25H26FN3O2. The standard InChI is InChI=1S/C25H26FN3O2/c1-2-29(25(30)12-18-6-8-22(26)9-7-18)23-10-11-31-24(14-23)20-5-3-4-19(13-20)21-15-27-17-28-16-21/h3-9,13,15-17,23-24H,2,10-12,14H2,1H3/t23-,24+/m0/s1. The van der Waals surface area contributed by atoms with Crippen molar-refractivity contribution in [1.82, 2.24) is 14.9 Å². The van der Waals surface area contributed by atoms with Gasteiger partial charge in [-0.05, 0) is 54.7 Å². The van der Waals surface area contributed by atoms with Gasteiger partial charge in [0.2, 0.25) is 5.91 Å². The van der Waals surface area contributed by atoms with Crippen molar-refractivity contribution in [3.63, 3.8) is 0 Å². The molecule has 0 unspecified atom stereocenters. The van der Waals surface area contributed by atoms with E-state index in [2.05, 4.69) is 22.1 Å². The molecule has 0 aliphatic carbocycles. The third-order valence-corrected chi connectivity index (χ3v) is 5.78.